The fourth-order valence-electron chi connectivity index (χ4n) is 2.66. The molecule has 0 atom stereocenters. The number of rotatable bonds is 3. The number of nitrogens with zero attached hydrogens (tertiary/aromatic N) is 3. The van der Waals surface area contributed by atoms with Gasteiger partial charge in [-0.2, -0.15) is 5.10 Å². The Kier molecular flexibility index (Phi) is 3.73. The molecule has 1 N–H and O–H groups in total. The lowest BCUT2D eigenvalue weighted by Gasteiger charge is -2.10. The van der Waals surface area contributed by atoms with Crippen LogP contribution in [-0.2, 0) is 7.05 Å². The van der Waals surface area contributed by atoms with E-state index in [2.05, 4.69) is 10.4 Å². The molecule has 2 aromatic heterocycles. The molecule has 3 aromatic rings. The molecule has 2 heterocycles. The van der Waals surface area contributed by atoms with Crippen LogP contribution < -0.4 is 5.32 Å². The topological polar surface area (TPSA) is 51.9 Å². The number of aromatic nitrogens is 3. The maximum Gasteiger partial charge on any atom is 0.258 e. The molecule has 0 saturated heterocycles. The predicted molar refractivity (Wildman–Crippen MR) is 86.4 cm³/mol. The van der Waals surface area contributed by atoms with Gasteiger partial charge in [-0.3, -0.25) is 9.48 Å². The summed E-state index contributed by atoms with van der Waals surface area (Å²) in [6.45, 7) is 3.64. The van der Waals surface area contributed by atoms with Crippen molar-refractivity contribution in [3.63, 3.8) is 0 Å². The molecule has 1 aromatic carbocycles. The first kappa shape index (κ1) is 15.0. The van der Waals surface area contributed by atoms with Gasteiger partial charge in [0.25, 0.3) is 5.91 Å². The first-order valence-corrected chi connectivity index (χ1v) is 7.22. The monoisotopic (exact) mass is 312 g/mol. The van der Waals surface area contributed by atoms with Crippen LogP contribution in [0.25, 0.3) is 5.69 Å². The molecule has 0 spiro atoms. The molecule has 6 heteroatoms. The summed E-state index contributed by atoms with van der Waals surface area (Å²) in [7, 11) is 1.78. The van der Waals surface area contributed by atoms with Gasteiger partial charge in [0, 0.05) is 30.7 Å². The van der Waals surface area contributed by atoms with Gasteiger partial charge in [0.05, 0.1) is 11.3 Å². The lowest BCUT2D eigenvalue weighted by Crippen LogP contribution is -2.14. The number of carbonyl (C=O) groups excluding carboxylic acids is 1. The second-order valence-corrected chi connectivity index (χ2v) is 5.40. The third kappa shape index (κ3) is 2.75. The zero-order valence-corrected chi connectivity index (χ0v) is 13.2. The van der Waals surface area contributed by atoms with Crippen molar-refractivity contribution >= 4 is 11.7 Å². The average Bonchev–Trinajstić information content (AvgIpc) is 3.04. The minimum atomic E-state index is -0.328. The summed E-state index contributed by atoms with van der Waals surface area (Å²) in [5.74, 6) is -0.112. The summed E-state index contributed by atoms with van der Waals surface area (Å²) in [5, 5.41) is 6.87. The maximum absolute atomic E-state index is 14.1. The number of aryl methyl sites for hydroxylation is 2. The molecule has 0 fully saturated rings. The Morgan fingerprint density at radius 1 is 1.22 bits per heavy atom. The number of anilines is 1. The van der Waals surface area contributed by atoms with Gasteiger partial charge in [-0.1, -0.05) is 12.1 Å². The fourth-order valence-corrected chi connectivity index (χ4v) is 2.66. The van der Waals surface area contributed by atoms with Crippen molar-refractivity contribution in [2.75, 3.05) is 5.32 Å². The Bertz CT molecular complexity index is 879. The van der Waals surface area contributed by atoms with E-state index in [-0.39, 0.29) is 11.7 Å². The van der Waals surface area contributed by atoms with E-state index in [4.69, 9.17) is 0 Å². The Morgan fingerprint density at radius 2 is 1.96 bits per heavy atom. The molecule has 5 nitrogen and oxygen atoms in total. The normalized spacial score (nSPS) is 10.8. The first-order valence-electron chi connectivity index (χ1n) is 7.22. The summed E-state index contributed by atoms with van der Waals surface area (Å²) in [6.07, 6.45) is 1.75. The van der Waals surface area contributed by atoms with E-state index in [9.17, 15) is 9.18 Å². The molecule has 0 aliphatic heterocycles. The van der Waals surface area contributed by atoms with Gasteiger partial charge >= 0.3 is 0 Å². The molecular formula is C17H17FN4O. The molecule has 118 valence electrons. The van der Waals surface area contributed by atoms with Crippen LogP contribution in [0.4, 0.5) is 10.2 Å². The zero-order chi connectivity index (χ0) is 16.6. The van der Waals surface area contributed by atoms with Crippen molar-refractivity contribution in [1.29, 1.82) is 0 Å². The quantitative estimate of drug-likeness (QED) is 0.807. The SMILES string of the molecule is Cc1cc(C(=O)Nc2ccn(C)n2)c(C)n1-c1ccccc1F. The van der Waals surface area contributed by atoms with Gasteiger partial charge in [-0.25, -0.2) is 4.39 Å². The predicted octanol–water partition coefficient (Wildman–Crippen LogP) is 3.22. The minimum Gasteiger partial charge on any atom is -0.315 e. The maximum atomic E-state index is 14.1. The van der Waals surface area contributed by atoms with E-state index in [0.717, 1.165) is 5.69 Å². The number of para-hydroxylation sites is 1. The van der Waals surface area contributed by atoms with E-state index < -0.39 is 0 Å². The summed E-state index contributed by atoms with van der Waals surface area (Å²) in [6, 6.07) is 9.97. The van der Waals surface area contributed by atoms with Gasteiger partial charge < -0.3 is 9.88 Å². The first-order chi connectivity index (χ1) is 11.0. The molecule has 0 radical (unpaired) electrons. The van der Waals surface area contributed by atoms with Gasteiger partial charge in [0.15, 0.2) is 5.82 Å². The van der Waals surface area contributed by atoms with Gasteiger partial charge in [0.2, 0.25) is 0 Å². The van der Waals surface area contributed by atoms with Crippen molar-refractivity contribution in [3.05, 3.63) is 65.4 Å². The number of amides is 1. The van der Waals surface area contributed by atoms with Crippen LogP contribution >= 0.6 is 0 Å². The summed E-state index contributed by atoms with van der Waals surface area (Å²) >= 11 is 0. The van der Waals surface area contributed by atoms with E-state index in [1.807, 2.05) is 6.92 Å². The van der Waals surface area contributed by atoms with E-state index in [1.165, 1.54) is 6.07 Å². The molecule has 0 saturated carbocycles. The smallest absolute Gasteiger partial charge is 0.258 e. The molecule has 0 aliphatic rings. The summed E-state index contributed by atoms with van der Waals surface area (Å²) < 4.78 is 17.4. The zero-order valence-electron chi connectivity index (χ0n) is 13.2. The molecule has 23 heavy (non-hydrogen) atoms. The summed E-state index contributed by atoms with van der Waals surface area (Å²) in [5.41, 5.74) is 2.40. The molecular weight excluding hydrogens is 295 g/mol. The minimum absolute atomic E-state index is 0.264. The second-order valence-electron chi connectivity index (χ2n) is 5.40. The van der Waals surface area contributed by atoms with Crippen LogP contribution in [0.5, 0.6) is 0 Å². The number of benzene rings is 1. The van der Waals surface area contributed by atoms with Crippen molar-refractivity contribution < 1.29 is 9.18 Å². The third-order valence-electron chi connectivity index (χ3n) is 3.72. The van der Waals surface area contributed by atoms with Crippen LogP contribution in [-0.4, -0.2) is 20.3 Å². The number of carbonyl (C=O) groups is 1. The third-order valence-corrected chi connectivity index (χ3v) is 3.72. The fraction of sp³-hybridized carbons (Fsp3) is 0.176. The van der Waals surface area contributed by atoms with Gasteiger partial charge in [-0.05, 0) is 32.0 Å². The Labute approximate surface area is 133 Å². The van der Waals surface area contributed by atoms with E-state index >= 15 is 0 Å². The highest BCUT2D eigenvalue weighted by Crippen LogP contribution is 2.23. The lowest BCUT2D eigenvalue weighted by atomic mass is 10.2. The number of nitrogens with one attached hydrogen (secondary N) is 1. The van der Waals surface area contributed by atoms with Crippen molar-refractivity contribution in [3.8, 4) is 5.69 Å². The Morgan fingerprint density at radius 3 is 2.61 bits per heavy atom. The van der Waals surface area contributed by atoms with Crippen LogP contribution in [0, 0.1) is 19.7 Å². The Balaban J connectivity index is 1.98. The Hall–Kier alpha value is -2.89. The molecule has 0 aliphatic carbocycles. The molecule has 3 rings (SSSR count). The molecule has 0 unspecified atom stereocenters. The van der Waals surface area contributed by atoms with Crippen molar-refractivity contribution in [2.24, 2.45) is 7.05 Å². The van der Waals surface area contributed by atoms with E-state index in [0.29, 0.717) is 22.8 Å². The summed E-state index contributed by atoms with van der Waals surface area (Å²) in [4.78, 5) is 12.5. The van der Waals surface area contributed by atoms with Crippen LogP contribution in [0.1, 0.15) is 21.7 Å². The number of hydrogen-bond acceptors (Lipinski definition) is 2. The van der Waals surface area contributed by atoms with Crippen molar-refractivity contribution in [2.45, 2.75) is 13.8 Å². The lowest BCUT2D eigenvalue weighted by molar-refractivity contribution is 0.102. The number of halogens is 1. The molecule has 0 bridgehead atoms. The van der Waals surface area contributed by atoms with Gasteiger partial charge in [0.1, 0.15) is 5.82 Å². The highest BCUT2D eigenvalue weighted by Gasteiger charge is 2.18. The van der Waals surface area contributed by atoms with Crippen LogP contribution in [0.3, 0.4) is 0 Å². The highest BCUT2D eigenvalue weighted by atomic mass is 19.1. The second kappa shape index (κ2) is 5.72. The number of hydrogen-bond donors (Lipinski definition) is 1. The largest absolute Gasteiger partial charge is 0.315 e. The van der Waals surface area contributed by atoms with Crippen LogP contribution in [0.2, 0.25) is 0 Å². The average molecular weight is 312 g/mol. The van der Waals surface area contributed by atoms with Crippen molar-refractivity contribution in [1.82, 2.24) is 14.3 Å². The standard InChI is InChI=1S/C17H17FN4O/c1-11-10-13(17(23)19-16-8-9-21(3)20-16)12(2)22(11)15-7-5-4-6-14(15)18/h4-10H,1-3H3,(H,19,20,23). The van der Waals surface area contributed by atoms with Gasteiger partial charge in [-0.15, -0.1) is 0 Å². The van der Waals surface area contributed by atoms with Crippen LogP contribution in [0.15, 0.2) is 42.6 Å². The molecule has 1 amide bonds. The van der Waals surface area contributed by atoms with E-state index in [1.54, 1.807) is 59.7 Å². The highest BCUT2D eigenvalue weighted by molar-refractivity contribution is 6.04.